The fourth-order valence-corrected chi connectivity index (χ4v) is 5.14. The molecular formula is C21H24N4O7S. The molecule has 12 heteroatoms. The number of nitrogens with zero attached hydrogens (tertiary/aromatic N) is 2. The van der Waals surface area contributed by atoms with E-state index in [1.54, 1.807) is 6.92 Å². The highest BCUT2D eigenvalue weighted by Gasteiger charge is 2.28. The average Bonchev–Trinajstić information content (AvgIpc) is 2.82. The highest BCUT2D eigenvalue weighted by molar-refractivity contribution is 7.89. The van der Waals surface area contributed by atoms with Crippen molar-refractivity contribution in [1.82, 2.24) is 15.2 Å². The van der Waals surface area contributed by atoms with Crippen LogP contribution in [0.4, 0.5) is 5.69 Å². The van der Waals surface area contributed by atoms with Gasteiger partial charge in [-0.05, 0) is 43.5 Å². The Hall–Kier alpha value is -3.51. The summed E-state index contributed by atoms with van der Waals surface area (Å²) in [4.78, 5) is 34.9. The van der Waals surface area contributed by atoms with Crippen LogP contribution < -0.4 is 15.6 Å². The minimum atomic E-state index is -3.74. The lowest BCUT2D eigenvalue weighted by Gasteiger charge is -2.26. The summed E-state index contributed by atoms with van der Waals surface area (Å²) < 4.78 is 32.6. The highest BCUT2D eigenvalue weighted by atomic mass is 32.2. The number of hydrogen-bond acceptors (Lipinski definition) is 7. The van der Waals surface area contributed by atoms with E-state index in [0.717, 1.165) is 19.3 Å². The summed E-state index contributed by atoms with van der Waals surface area (Å²) in [6, 6.07) is 9.84. The molecule has 0 bridgehead atoms. The lowest BCUT2D eigenvalue weighted by molar-refractivity contribution is -0.385. The molecule has 2 N–H and O–H groups in total. The molecule has 0 aliphatic carbocycles. The van der Waals surface area contributed by atoms with Gasteiger partial charge in [-0.3, -0.25) is 30.6 Å². The summed E-state index contributed by atoms with van der Waals surface area (Å²) >= 11 is 0. The molecule has 0 saturated carbocycles. The molecule has 1 aliphatic heterocycles. The number of para-hydroxylation sites is 2. The van der Waals surface area contributed by atoms with Gasteiger partial charge in [-0.2, -0.15) is 4.31 Å². The zero-order valence-electron chi connectivity index (χ0n) is 17.9. The summed E-state index contributed by atoms with van der Waals surface area (Å²) in [5, 5.41) is 11.0. The smallest absolute Gasteiger partial charge is 0.310 e. The summed E-state index contributed by atoms with van der Waals surface area (Å²) in [6.07, 6.45) is 2.56. The minimum absolute atomic E-state index is 0.0445. The van der Waals surface area contributed by atoms with Crippen molar-refractivity contribution in [2.24, 2.45) is 0 Å². The van der Waals surface area contributed by atoms with Gasteiger partial charge in [-0.1, -0.05) is 24.6 Å². The number of rotatable bonds is 7. The molecule has 2 aromatic rings. The maximum absolute atomic E-state index is 13.0. The Kier molecular flexibility index (Phi) is 7.61. The van der Waals surface area contributed by atoms with Crippen LogP contribution in [-0.4, -0.2) is 49.2 Å². The van der Waals surface area contributed by atoms with E-state index in [2.05, 4.69) is 10.9 Å². The first kappa shape index (κ1) is 24.1. The van der Waals surface area contributed by atoms with Gasteiger partial charge < -0.3 is 4.74 Å². The van der Waals surface area contributed by atoms with Gasteiger partial charge in [0, 0.05) is 24.7 Å². The number of nitro groups is 1. The van der Waals surface area contributed by atoms with Crippen molar-refractivity contribution in [2.45, 2.75) is 31.1 Å². The SMILES string of the molecule is Cc1ccc(C(=O)NNC(=O)COc2ccccc2[N+](=O)[O-])cc1S(=O)(=O)N1CCCCC1. The zero-order valence-corrected chi connectivity index (χ0v) is 18.8. The molecule has 2 aromatic carbocycles. The lowest BCUT2D eigenvalue weighted by Crippen LogP contribution is -2.44. The first-order valence-corrected chi connectivity index (χ1v) is 11.7. The summed E-state index contributed by atoms with van der Waals surface area (Å²) in [7, 11) is -3.74. The number of piperidine rings is 1. The number of sulfonamides is 1. The first-order chi connectivity index (χ1) is 15.7. The Morgan fingerprint density at radius 3 is 2.48 bits per heavy atom. The standard InChI is InChI=1S/C21H24N4O7S/c1-15-9-10-16(13-19(15)33(30,31)24-11-5-2-6-12-24)21(27)23-22-20(26)14-32-18-8-4-3-7-17(18)25(28)29/h3-4,7-10,13H,2,5-6,11-12,14H2,1H3,(H,22,26)(H,23,27). The maximum Gasteiger partial charge on any atom is 0.310 e. The molecule has 1 aliphatic rings. The van der Waals surface area contributed by atoms with E-state index in [-0.39, 0.29) is 21.9 Å². The summed E-state index contributed by atoms with van der Waals surface area (Å²) in [5.41, 5.74) is 4.60. The van der Waals surface area contributed by atoms with Crippen molar-refractivity contribution in [1.29, 1.82) is 0 Å². The van der Waals surface area contributed by atoms with Crippen LogP contribution in [0.5, 0.6) is 5.75 Å². The number of amides is 2. The number of ether oxygens (including phenoxy) is 1. The van der Waals surface area contributed by atoms with Crippen LogP contribution in [0, 0.1) is 17.0 Å². The first-order valence-electron chi connectivity index (χ1n) is 10.3. The van der Waals surface area contributed by atoms with Crippen LogP contribution in [0.3, 0.4) is 0 Å². The molecule has 0 radical (unpaired) electrons. The molecular weight excluding hydrogens is 452 g/mol. The second kappa shape index (κ2) is 10.4. The fraction of sp³-hybridized carbons (Fsp3) is 0.333. The Morgan fingerprint density at radius 1 is 1.09 bits per heavy atom. The number of carbonyl (C=O) groups excluding carboxylic acids is 2. The Morgan fingerprint density at radius 2 is 1.79 bits per heavy atom. The van der Waals surface area contributed by atoms with Crippen LogP contribution in [-0.2, 0) is 14.8 Å². The Bertz CT molecular complexity index is 1160. The van der Waals surface area contributed by atoms with Crippen LogP contribution in [0.25, 0.3) is 0 Å². The third-order valence-electron chi connectivity index (χ3n) is 5.12. The number of nitro benzene ring substituents is 1. The third kappa shape index (κ3) is 5.84. The van der Waals surface area contributed by atoms with Crippen LogP contribution in [0.1, 0.15) is 35.2 Å². The maximum atomic E-state index is 13.0. The Labute approximate surface area is 190 Å². The van der Waals surface area contributed by atoms with Crippen LogP contribution in [0.2, 0.25) is 0 Å². The van der Waals surface area contributed by atoms with E-state index in [9.17, 15) is 28.1 Å². The van der Waals surface area contributed by atoms with Gasteiger partial charge in [0.15, 0.2) is 12.4 Å². The monoisotopic (exact) mass is 476 g/mol. The molecule has 0 atom stereocenters. The third-order valence-corrected chi connectivity index (χ3v) is 7.16. The van der Waals surface area contributed by atoms with E-state index in [1.165, 1.54) is 46.8 Å². The molecule has 1 heterocycles. The number of hydrogen-bond donors (Lipinski definition) is 2. The van der Waals surface area contributed by atoms with Gasteiger partial charge in [-0.15, -0.1) is 0 Å². The van der Waals surface area contributed by atoms with E-state index in [4.69, 9.17) is 4.74 Å². The van der Waals surface area contributed by atoms with Crippen molar-refractivity contribution >= 4 is 27.5 Å². The largest absolute Gasteiger partial charge is 0.477 e. The Balaban J connectivity index is 1.62. The van der Waals surface area contributed by atoms with E-state index >= 15 is 0 Å². The summed E-state index contributed by atoms with van der Waals surface area (Å²) in [5.74, 6) is -1.56. The molecule has 0 spiro atoms. The van der Waals surface area contributed by atoms with Crippen molar-refractivity contribution in [2.75, 3.05) is 19.7 Å². The van der Waals surface area contributed by atoms with Gasteiger partial charge in [0.05, 0.1) is 9.82 Å². The van der Waals surface area contributed by atoms with Crippen molar-refractivity contribution < 1.29 is 27.7 Å². The van der Waals surface area contributed by atoms with Crippen LogP contribution in [0.15, 0.2) is 47.4 Å². The van der Waals surface area contributed by atoms with Gasteiger partial charge in [0.2, 0.25) is 10.0 Å². The second-order valence-electron chi connectivity index (χ2n) is 7.46. The van der Waals surface area contributed by atoms with Gasteiger partial charge in [0.1, 0.15) is 0 Å². The van der Waals surface area contributed by atoms with Crippen molar-refractivity contribution in [3.05, 3.63) is 63.7 Å². The highest BCUT2D eigenvalue weighted by Crippen LogP contribution is 2.26. The van der Waals surface area contributed by atoms with Crippen molar-refractivity contribution in [3.63, 3.8) is 0 Å². The molecule has 3 rings (SSSR count). The molecule has 1 saturated heterocycles. The molecule has 0 aromatic heterocycles. The van der Waals surface area contributed by atoms with Gasteiger partial charge in [-0.25, -0.2) is 8.42 Å². The number of hydrazine groups is 1. The zero-order chi connectivity index (χ0) is 24.0. The van der Waals surface area contributed by atoms with Gasteiger partial charge in [0.25, 0.3) is 11.8 Å². The normalized spacial score (nSPS) is 14.3. The molecule has 0 unspecified atom stereocenters. The van der Waals surface area contributed by atoms with Crippen LogP contribution >= 0.6 is 0 Å². The second-order valence-corrected chi connectivity index (χ2v) is 9.37. The predicted octanol–water partition coefficient (Wildman–Crippen LogP) is 1.92. The van der Waals surface area contributed by atoms with E-state index < -0.39 is 33.4 Å². The van der Waals surface area contributed by atoms with E-state index in [1.807, 2.05) is 0 Å². The quantitative estimate of drug-likeness (QED) is 0.458. The average molecular weight is 477 g/mol. The molecule has 2 amide bonds. The number of nitrogens with one attached hydrogen (secondary N) is 2. The number of aryl methyl sites for hydroxylation is 1. The molecule has 176 valence electrons. The lowest BCUT2D eigenvalue weighted by atomic mass is 10.1. The minimum Gasteiger partial charge on any atom is -0.477 e. The van der Waals surface area contributed by atoms with Gasteiger partial charge >= 0.3 is 5.69 Å². The van der Waals surface area contributed by atoms with Crippen molar-refractivity contribution in [3.8, 4) is 5.75 Å². The molecule has 11 nitrogen and oxygen atoms in total. The summed E-state index contributed by atoms with van der Waals surface area (Å²) in [6.45, 7) is 1.95. The topological polar surface area (TPSA) is 148 Å². The fourth-order valence-electron chi connectivity index (χ4n) is 3.37. The molecule has 33 heavy (non-hydrogen) atoms. The number of carbonyl (C=O) groups is 2. The predicted molar refractivity (Wildman–Crippen MR) is 118 cm³/mol. The molecule has 1 fully saturated rings. The number of benzene rings is 2. The van der Waals surface area contributed by atoms with E-state index in [0.29, 0.717) is 18.7 Å².